The van der Waals surface area contributed by atoms with Gasteiger partial charge in [0.1, 0.15) is 11.3 Å². The summed E-state index contributed by atoms with van der Waals surface area (Å²) in [5.41, 5.74) is 3.63. The molecule has 0 amide bonds. The Hall–Kier alpha value is -1.33. The maximum Gasteiger partial charge on any atom is 0.227 e. The summed E-state index contributed by atoms with van der Waals surface area (Å²) in [6, 6.07) is 9.64. The van der Waals surface area contributed by atoms with E-state index in [2.05, 4.69) is 62.8 Å². The average molecular weight is 411 g/mol. The average Bonchev–Trinajstić information content (AvgIpc) is 2.86. The van der Waals surface area contributed by atoms with Crippen molar-refractivity contribution in [3.8, 4) is 17.2 Å². The first-order chi connectivity index (χ1) is 9.95. The van der Waals surface area contributed by atoms with Gasteiger partial charge in [-0.3, -0.25) is 0 Å². The Bertz CT molecular complexity index is 801. The molecule has 2 aromatic carbocycles. The van der Waals surface area contributed by atoms with Crippen molar-refractivity contribution in [2.45, 2.75) is 19.8 Å². The van der Waals surface area contributed by atoms with Crippen molar-refractivity contribution in [2.75, 3.05) is 0 Å². The van der Waals surface area contributed by atoms with Crippen molar-refractivity contribution in [1.82, 2.24) is 4.98 Å². The number of fused-ring (bicyclic) bond motifs is 1. The van der Waals surface area contributed by atoms with Crippen LogP contribution in [0.1, 0.15) is 25.3 Å². The Labute approximate surface area is 139 Å². The zero-order valence-electron chi connectivity index (χ0n) is 11.5. The first kappa shape index (κ1) is 14.6. The molecule has 5 heteroatoms. The molecular weight excluding hydrogens is 398 g/mol. The third-order valence-corrected chi connectivity index (χ3v) is 4.55. The van der Waals surface area contributed by atoms with Gasteiger partial charge in [-0.1, -0.05) is 19.9 Å². The molecule has 0 radical (unpaired) electrons. The van der Waals surface area contributed by atoms with E-state index in [0.717, 1.165) is 16.7 Å². The summed E-state index contributed by atoms with van der Waals surface area (Å²) in [5, 5.41) is 9.77. The van der Waals surface area contributed by atoms with Crippen LogP contribution in [0.5, 0.6) is 5.75 Å². The molecule has 1 aromatic heterocycles. The number of nitrogens with zero attached hydrogens (tertiary/aromatic N) is 1. The van der Waals surface area contributed by atoms with Gasteiger partial charge in [-0.2, -0.15) is 0 Å². The normalized spacial score (nSPS) is 11.5. The maximum absolute atomic E-state index is 9.77. The lowest BCUT2D eigenvalue weighted by Crippen LogP contribution is -1.85. The largest absolute Gasteiger partial charge is 0.506 e. The lowest BCUT2D eigenvalue weighted by atomic mass is 10.0. The fourth-order valence-corrected chi connectivity index (χ4v) is 3.30. The molecule has 108 valence electrons. The number of aromatic nitrogens is 1. The highest BCUT2D eigenvalue weighted by molar-refractivity contribution is 9.11. The molecular formula is C16H13Br2NO2. The van der Waals surface area contributed by atoms with E-state index in [1.54, 1.807) is 12.1 Å². The van der Waals surface area contributed by atoms with Crippen LogP contribution in [-0.2, 0) is 0 Å². The molecule has 0 fully saturated rings. The van der Waals surface area contributed by atoms with Gasteiger partial charge < -0.3 is 9.52 Å². The van der Waals surface area contributed by atoms with Gasteiger partial charge in [-0.15, -0.1) is 0 Å². The molecule has 3 rings (SSSR count). The molecule has 3 nitrogen and oxygen atoms in total. The van der Waals surface area contributed by atoms with Crippen molar-refractivity contribution < 1.29 is 9.52 Å². The summed E-state index contributed by atoms with van der Waals surface area (Å²) < 4.78 is 6.99. The van der Waals surface area contributed by atoms with Crippen molar-refractivity contribution in [3.63, 3.8) is 0 Å². The number of oxazole rings is 1. The van der Waals surface area contributed by atoms with Gasteiger partial charge in [0.25, 0.3) is 0 Å². The fraction of sp³-hybridized carbons (Fsp3) is 0.188. The predicted molar refractivity (Wildman–Crippen MR) is 90.6 cm³/mol. The Kier molecular flexibility index (Phi) is 3.80. The lowest BCUT2D eigenvalue weighted by Gasteiger charge is -2.02. The van der Waals surface area contributed by atoms with E-state index in [-0.39, 0.29) is 5.75 Å². The second-order valence-corrected chi connectivity index (χ2v) is 6.90. The van der Waals surface area contributed by atoms with Crippen LogP contribution >= 0.6 is 31.9 Å². The topological polar surface area (TPSA) is 46.3 Å². The summed E-state index contributed by atoms with van der Waals surface area (Å²) in [7, 11) is 0. The number of rotatable bonds is 2. The van der Waals surface area contributed by atoms with E-state index < -0.39 is 0 Å². The SMILES string of the molecule is CC(C)c1ccc2oc(-c3cc(Br)c(O)c(Br)c3)nc2c1. The molecule has 0 saturated carbocycles. The summed E-state index contributed by atoms with van der Waals surface area (Å²) in [6.45, 7) is 4.30. The van der Waals surface area contributed by atoms with Crippen LogP contribution in [0.4, 0.5) is 0 Å². The Morgan fingerprint density at radius 1 is 1.10 bits per heavy atom. The number of hydrogen-bond acceptors (Lipinski definition) is 3. The Balaban J connectivity index is 2.13. The smallest absolute Gasteiger partial charge is 0.227 e. The third kappa shape index (κ3) is 2.72. The molecule has 0 saturated heterocycles. The van der Waals surface area contributed by atoms with Crippen molar-refractivity contribution >= 4 is 43.0 Å². The molecule has 0 spiro atoms. The molecule has 0 aliphatic rings. The van der Waals surface area contributed by atoms with Gasteiger partial charge in [-0.05, 0) is 67.6 Å². The van der Waals surface area contributed by atoms with Crippen LogP contribution in [0.25, 0.3) is 22.6 Å². The highest BCUT2D eigenvalue weighted by Gasteiger charge is 2.13. The zero-order valence-corrected chi connectivity index (χ0v) is 14.7. The summed E-state index contributed by atoms with van der Waals surface area (Å²) in [4.78, 5) is 4.55. The minimum absolute atomic E-state index is 0.164. The fourth-order valence-electron chi connectivity index (χ4n) is 2.12. The van der Waals surface area contributed by atoms with Gasteiger partial charge in [0, 0.05) is 5.56 Å². The van der Waals surface area contributed by atoms with Gasteiger partial charge in [0.2, 0.25) is 5.89 Å². The standard InChI is InChI=1S/C16H13Br2NO2/c1-8(2)9-3-4-14-13(7-9)19-16(21-14)10-5-11(17)15(20)12(18)6-10/h3-8,20H,1-2H3. The Morgan fingerprint density at radius 2 is 1.76 bits per heavy atom. The van der Waals surface area contributed by atoms with Crippen LogP contribution in [0.2, 0.25) is 0 Å². The van der Waals surface area contributed by atoms with Gasteiger partial charge in [0.15, 0.2) is 5.58 Å². The van der Waals surface area contributed by atoms with Gasteiger partial charge in [-0.25, -0.2) is 4.98 Å². The molecule has 0 aliphatic heterocycles. The molecule has 3 aromatic rings. The van der Waals surface area contributed by atoms with E-state index in [4.69, 9.17) is 4.42 Å². The van der Waals surface area contributed by atoms with E-state index in [1.165, 1.54) is 5.56 Å². The predicted octanol–water partition coefficient (Wildman–Crippen LogP) is 5.85. The number of benzene rings is 2. The molecule has 0 aliphatic carbocycles. The number of aromatic hydroxyl groups is 1. The van der Waals surface area contributed by atoms with Gasteiger partial charge in [0.05, 0.1) is 8.95 Å². The highest BCUT2D eigenvalue weighted by atomic mass is 79.9. The zero-order chi connectivity index (χ0) is 15.1. The molecule has 0 atom stereocenters. The summed E-state index contributed by atoms with van der Waals surface area (Å²) >= 11 is 6.64. The van der Waals surface area contributed by atoms with Crippen LogP contribution in [0.15, 0.2) is 43.7 Å². The van der Waals surface area contributed by atoms with Crippen LogP contribution in [0, 0.1) is 0 Å². The third-order valence-electron chi connectivity index (χ3n) is 3.34. The molecule has 1 N–H and O–H groups in total. The first-order valence-corrected chi connectivity index (χ1v) is 8.13. The van der Waals surface area contributed by atoms with E-state index in [0.29, 0.717) is 20.8 Å². The maximum atomic E-state index is 9.77. The Morgan fingerprint density at radius 3 is 2.38 bits per heavy atom. The molecule has 21 heavy (non-hydrogen) atoms. The minimum Gasteiger partial charge on any atom is -0.506 e. The highest BCUT2D eigenvalue weighted by Crippen LogP contribution is 2.37. The first-order valence-electron chi connectivity index (χ1n) is 6.54. The van der Waals surface area contributed by atoms with Crippen molar-refractivity contribution in [1.29, 1.82) is 0 Å². The van der Waals surface area contributed by atoms with E-state index >= 15 is 0 Å². The van der Waals surface area contributed by atoms with Crippen LogP contribution < -0.4 is 0 Å². The quantitative estimate of drug-likeness (QED) is 0.576. The summed E-state index contributed by atoms with van der Waals surface area (Å²) in [5.74, 6) is 1.15. The van der Waals surface area contributed by atoms with E-state index in [9.17, 15) is 5.11 Å². The summed E-state index contributed by atoms with van der Waals surface area (Å²) in [6.07, 6.45) is 0. The second-order valence-electron chi connectivity index (χ2n) is 5.19. The number of hydrogen-bond donors (Lipinski definition) is 1. The molecule has 1 heterocycles. The van der Waals surface area contributed by atoms with Crippen molar-refractivity contribution in [3.05, 3.63) is 44.8 Å². The molecule has 0 unspecified atom stereocenters. The monoisotopic (exact) mass is 409 g/mol. The van der Waals surface area contributed by atoms with Gasteiger partial charge >= 0.3 is 0 Å². The van der Waals surface area contributed by atoms with Crippen LogP contribution in [0.3, 0.4) is 0 Å². The van der Waals surface area contributed by atoms with Crippen molar-refractivity contribution in [2.24, 2.45) is 0 Å². The number of halogens is 2. The number of phenols is 1. The molecule has 0 bridgehead atoms. The lowest BCUT2D eigenvalue weighted by molar-refractivity contribution is 0.468. The van der Waals surface area contributed by atoms with Crippen LogP contribution in [-0.4, -0.2) is 10.1 Å². The number of phenolic OH excluding ortho intramolecular Hbond substituents is 1. The van der Waals surface area contributed by atoms with E-state index in [1.807, 2.05) is 6.07 Å². The second kappa shape index (κ2) is 5.46. The minimum atomic E-state index is 0.164.